The van der Waals surface area contributed by atoms with Crippen LogP contribution in [-0.2, 0) is 4.79 Å². The number of halogens is 1. The van der Waals surface area contributed by atoms with E-state index in [2.05, 4.69) is 5.32 Å². The molecule has 0 saturated heterocycles. The molecule has 1 atom stereocenters. The molecule has 0 fully saturated rings. The first kappa shape index (κ1) is 14.5. The summed E-state index contributed by atoms with van der Waals surface area (Å²) >= 11 is 5.87. The van der Waals surface area contributed by atoms with Crippen molar-refractivity contribution in [3.05, 3.63) is 34.3 Å². The summed E-state index contributed by atoms with van der Waals surface area (Å²) in [6.07, 6.45) is 0.0416. The molecule has 2 N–H and O–H groups in total. The molecule has 1 aromatic rings. The largest absolute Gasteiger partial charge is 0.481 e. The molecular weight excluding hydrogens is 254 g/mol. The zero-order chi connectivity index (χ0) is 13.7. The molecular formula is C13H16ClNO3. The minimum absolute atomic E-state index is 0.0416. The van der Waals surface area contributed by atoms with E-state index in [4.69, 9.17) is 16.7 Å². The summed E-state index contributed by atoms with van der Waals surface area (Å²) in [5.74, 6) is -1.18. The van der Waals surface area contributed by atoms with Gasteiger partial charge in [0.25, 0.3) is 5.91 Å². The number of aryl methyl sites for hydroxylation is 1. The molecule has 4 nitrogen and oxygen atoms in total. The molecule has 0 saturated carbocycles. The van der Waals surface area contributed by atoms with Crippen LogP contribution in [0.15, 0.2) is 18.2 Å². The summed E-state index contributed by atoms with van der Waals surface area (Å²) in [5.41, 5.74) is 1.36. The van der Waals surface area contributed by atoms with Gasteiger partial charge in [0, 0.05) is 23.6 Å². The van der Waals surface area contributed by atoms with Crippen LogP contribution in [0.2, 0.25) is 5.02 Å². The lowest BCUT2D eigenvalue weighted by Gasteiger charge is -2.10. The smallest absolute Gasteiger partial charge is 0.303 e. The number of carbonyl (C=O) groups excluding carboxylic acids is 1. The van der Waals surface area contributed by atoms with E-state index in [1.807, 2.05) is 6.92 Å². The SMILES string of the molecule is Cc1cc(C(=O)NCC(C)CC(=O)O)ccc1Cl. The number of amides is 1. The Hall–Kier alpha value is -1.55. The number of benzene rings is 1. The number of hydrogen-bond acceptors (Lipinski definition) is 2. The number of carboxylic acid groups (broad SMARTS) is 1. The summed E-state index contributed by atoms with van der Waals surface area (Å²) in [6.45, 7) is 3.94. The number of nitrogens with one attached hydrogen (secondary N) is 1. The maximum atomic E-state index is 11.8. The maximum absolute atomic E-state index is 11.8. The van der Waals surface area contributed by atoms with E-state index in [1.54, 1.807) is 25.1 Å². The van der Waals surface area contributed by atoms with Gasteiger partial charge in [-0.1, -0.05) is 18.5 Å². The Balaban J connectivity index is 2.55. The van der Waals surface area contributed by atoms with Crippen molar-refractivity contribution in [2.45, 2.75) is 20.3 Å². The van der Waals surface area contributed by atoms with Crippen molar-refractivity contribution in [1.29, 1.82) is 0 Å². The second kappa shape index (κ2) is 6.40. The molecule has 0 bridgehead atoms. The zero-order valence-corrected chi connectivity index (χ0v) is 11.1. The Morgan fingerprint density at radius 3 is 2.67 bits per heavy atom. The topological polar surface area (TPSA) is 66.4 Å². The van der Waals surface area contributed by atoms with E-state index in [9.17, 15) is 9.59 Å². The minimum Gasteiger partial charge on any atom is -0.481 e. The normalized spacial score (nSPS) is 11.9. The van der Waals surface area contributed by atoms with E-state index in [1.165, 1.54) is 0 Å². The first-order valence-corrected chi connectivity index (χ1v) is 6.04. The third-order valence-corrected chi connectivity index (χ3v) is 2.98. The Labute approximate surface area is 111 Å². The highest BCUT2D eigenvalue weighted by molar-refractivity contribution is 6.31. The standard InChI is InChI=1S/C13H16ClNO3/c1-8(5-12(16)17)7-15-13(18)10-3-4-11(14)9(2)6-10/h3-4,6,8H,5,7H2,1-2H3,(H,15,18)(H,16,17). The Kier molecular flexibility index (Phi) is 5.16. The fourth-order valence-electron chi connectivity index (χ4n) is 1.53. The predicted molar refractivity (Wildman–Crippen MR) is 69.9 cm³/mol. The Bertz CT molecular complexity index is 460. The number of carboxylic acids is 1. The molecule has 0 aliphatic heterocycles. The van der Waals surface area contributed by atoms with Gasteiger partial charge in [-0.2, -0.15) is 0 Å². The molecule has 18 heavy (non-hydrogen) atoms. The molecule has 1 unspecified atom stereocenters. The summed E-state index contributed by atoms with van der Waals surface area (Å²) in [7, 11) is 0. The molecule has 0 aliphatic rings. The monoisotopic (exact) mass is 269 g/mol. The van der Waals surface area contributed by atoms with Gasteiger partial charge in [-0.05, 0) is 36.6 Å². The average molecular weight is 270 g/mol. The van der Waals surface area contributed by atoms with Gasteiger partial charge in [0.05, 0.1) is 0 Å². The molecule has 1 aromatic carbocycles. The second-order valence-electron chi connectivity index (χ2n) is 4.38. The van der Waals surface area contributed by atoms with Gasteiger partial charge in [0.1, 0.15) is 0 Å². The van der Waals surface area contributed by atoms with Crippen LogP contribution in [0.5, 0.6) is 0 Å². The summed E-state index contributed by atoms with van der Waals surface area (Å²) in [4.78, 5) is 22.3. The quantitative estimate of drug-likeness (QED) is 0.863. The van der Waals surface area contributed by atoms with Crippen LogP contribution in [0.1, 0.15) is 29.3 Å². The summed E-state index contributed by atoms with van der Waals surface area (Å²) in [6, 6.07) is 5.03. The van der Waals surface area contributed by atoms with Gasteiger partial charge in [-0.25, -0.2) is 0 Å². The molecule has 1 rings (SSSR count). The Morgan fingerprint density at radius 1 is 1.44 bits per heavy atom. The van der Waals surface area contributed by atoms with E-state index in [-0.39, 0.29) is 18.2 Å². The number of rotatable bonds is 5. The Morgan fingerprint density at radius 2 is 2.11 bits per heavy atom. The van der Waals surface area contributed by atoms with Crippen LogP contribution in [0.25, 0.3) is 0 Å². The number of carbonyl (C=O) groups is 2. The highest BCUT2D eigenvalue weighted by Gasteiger charge is 2.11. The number of aliphatic carboxylic acids is 1. The van der Waals surface area contributed by atoms with Crippen LogP contribution >= 0.6 is 11.6 Å². The summed E-state index contributed by atoms with van der Waals surface area (Å²) < 4.78 is 0. The predicted octanol–water partition coefficient (Wildman–Crippen LogP) is 2.49. The van der Waals surface area contributed by atoms with Gasteiger partial charge in [-0.3, -0.25) is 9.59 Å². The molecule has 5 heteroatoms. The van der Waals surface area contributed by atoms with Crippen LogP contribution in [0.4, 0.5) is 0 Å². The van der Waals surface area contributed by atoms with Crippen molar-refractivity contribution in [2.24, 2.45) is 5.92 Å². The fraction of sp³-hybridized carbons (Fsp3) is 0.385. The summed E-state index contributed by atoms with van der Waals surface area (Å²) in [5, 5.41) is 11.9. The van der Waals surface area contributed by atoms with Gasteiger partial charge in [0.2, 0.25) is 0 Å². The molecule has 0 radical (unpaired) electrons. The van der Waals surface area contributed by atoms with Gasteiger partial charge < -0.3 is 10.4 Å². The van der Waals surface area contributed by atoms with E-state index < -0.39 is 5.97 Å². The lowest BCUT2D eigenvalue weighted by atomic mass is 10.1. The van der Waals surface area contributed by atoms with E-state index in [0.717, 1.165) is 5.56 Å². The van der Waals surface area contributed by atoms with Gasteiger partial charge >= 0.3 is 5.97 Å². The first-order chi connectivity index (χ1) is 8.40. The third-order valence-electron chi connectivity index (χ3n) is 2.55. The second-order valence-corrected chi connectivity index (χ2v) is 4.78. The minimum atomic E-state index is -0.862. The molecule has 1 amide bonds. The third kappa shape index (κ3) is 4.37. The van der Waals surface area contributed by atoms with E-state index >= 15 is 0 Å². The molecule has 0 aromatic heterocycles. The first-order valence-electron chi connectivity index (χ1n) is 5.66. The molecule has 0 aliphatic carbocycles. The van der Waals surface area contributed by atoms with Crippen LogP contribution < -0.4 is 5.32 Å². The lowest BCUT2D eigenvalue weighted by molar-refractivity contribution is -0.137. The van der Waals surface area contributed by atoms with Crippen molar-refractivity contribution in [2.75, 3.05) is 6.54 Å². The van der Waals surface area contributed by atoms with Crippen LogP contribution in [-0.4, -0.2) is 23.5 Å². The van der Waals surface area contributed by atoms with Crippen LogP contribution in [0.3, 0.4) is 0 Å². The highest BCUT2D eigenvalue weighted by Crippen LogP contribution is 2.16. The fourth-order valence-corrected chi connectivity index (χ4v) is 1.64. The van der Waals surface area contributed by atoms with Crippen molar-refractivity contribution >= 4 is 23.5 Å². The number of hydrogen-bond donors (Lipinski definition) is 2. The lowest BCUT2D eigenvalue weighted by Crippen LogP contribution is -2.29. The van der Waals surface area contributed by atoms with Gasteiger partial charge in [0.15, 0.2) is 0 Å². The molecule has 0 heterocycles. The molecule has 0 spiro atoms. The van der Waals surface area contributed by atoms with Crippen LogP contribution in [0, 0.1) is 12.8 Å². The maximum Gasteiger partial charge on any atom is 0.303 e. The van der Waals surface area contributed by atoms with Crippen molar-refractivity contribution < 1.29 is 14.7 Å². The van der Waals surface area contributed by atoms with Crippen molar-refractivity contribution in [1.82, 2.24) is 5.32 Å². The van der Waals surface area contributed by atoms with Crippen molar-refractivity contribution in [3.8, 4) is 0 Å². The van der Waals surface area contributed by atoms with Gasteiger partial charge in [-0.15, -0.1) is 0 Å². The average Bonchev–Trinajstić information content (AvgIpc) is 2.28. The zero-order valence-electron chi connectivity index (χ0n) is 10.4. The van der Waals surface area contributed by atoms with E-state index in [0.29, 0.717) is 17.1 Å². The highest BCUT2D eigenvalue weighted by atomic mass is 35.5. The van der Waals surface area contributed by atoms with Crippen molar-refractivity contribution in [3.63, 3.8) is 0 Å². The molecule has 98 valence electrons.